The summed E-state index contributed by atoms with van der Waals surface area (Å²) in [5.41, 5.74) is 1.61. The Morgan fingerprint density at radius 2 is 2.07 bits per heavy atom. The molecule has 0 amide bonds. The molecule has 3 heteroatoms. The maximum absolute atomic E-state index is 10.8. The van der Waals surface area contributed by atoms with Gasteiger partial charge in [-0.05, 0) is 26.0 Å². The van der Waals surface area contributed by atoms with Crippen molar-refractivity contribution < 1.29 is 9.90 Å². The first kappa shape index (κ1) is 11.3. The van der Waals surface area contributed by atoms with Gasteiger partial charge >= 0.3 is 0 Å². The number of rotatable bonds is 4. The third-order valence-corrected chi connectivity index (χ3v) is 1.97. The van der Waals surface area contributed by atoms with Crippen molar-refractivity contribution in [2.75, 3.05) is 0 Å². The van der Waals surface area contributed by atoms with Gasteiger partial charge < -0.3 is 10.4 Å². The van der Waals surface area contributed by atoms with Crippen LogP contribution in [0.15, 0.2) is 36.0 Å². The Bertz CT molecular complexity index is 383. The van der Waals surface area contributed by atoms with Gasteiger partial charge in [-0.2, -0.15) is 0 Å². The lowest BCUT2D eigenvalue weighted by molar-refractivity contribution is -0.112. The van der Waals surface area contributed by atoms with E-state index in [1.54, 1.807) is 12.1 Å². The SMILES string of the molecule is CC(=O)/C=C(\C)NCc1ccccc1O. The first-order chi connectivity index (χ1) is 7.09. The second-order valence-corrected chi connectivity index (χ2v) is 3.42. The Kier molecular flexibility index (Phi) is 3.92. The molecule has 1 aromatic carbocycles. The smallest absolute Gasteiger partial charge is 0.154 e. The van der Waals surface area contributed by atoms with Crippen LogP contribution in [0.5, 0.6) is 5.75 Å². The van der Waals surface area contributed by atoms with E-state index in [1.165, 1.54) is 13.0 Å². The number of phenols is 1. The minimum atomic E-state index is 0.0114. The predicted octanol–water partition coefficient (Wildman–Crippen LogP) is 1.97. The quantitative estimate of drug-likeness (QED) is 0.739. The number of ketones is 1. The molecule has 2 N–H and O–H groups in total. The summed E-state index contributed by atoms with van der Waals surface area (Å²) in [6.07, 6.45) is 1.53. The van der Waals surface area contributed by atoms with E-state index >= 15 is 0 Å². The highest BCUT2D eigenvalue weighted by molar-refractivity contribution is 5.87. The van der Waals surface area contributed by atoms with Gasteiger partial charge in [0.15, 0.2) is 5.78 Å². The third kappa shape index (κ3) is 3.85. The summed E-state index contributed by atoms with van der Waals surface area (Å²) in [6, 6.07) is 7.11. The van der Waals surface area contributed by atoms with Gasteiger partial charge in [0.05, 0.1) is 0 Å². The van der Waals surface area contributed by atoms with Crippen molar-refractivity contribution in [1.29, 1.82) is 0 Å². The summed E-state index contributed by atoms with van der Waals surface area (Å²) in [7, 11) is 0. The fourth-order valence-electron chi connectivity index (χ4n) is 1.25. The largest absolute Gasteiger partial charge is 0.508 e. The molecule has 0 unspecified atom stereocenters. The lowest BCUT2D eigenvalue weighted by atomic mass is 10.2. The van der Waals surface area contributed by atoms with Crippen LogP contribution in [-0.2, 0) is 11.3 Å². The lowest BCUT2D eigenvalue weighted by Crippen LogP contribution is -2.11. The molecule has 15 heavy (non-hydrogen) atoms. The van der Waals surface area contributed by atoms with Crippen LogP contribution >= 0.6 is 0 Å². The van der Waals surface area contributed by atoms with E-state index in [2.05, 4.69) is 5.32 Å². The molecule has 0 spiro atoms. The van der Waals surface area contributed by atoms with Gasteiger partial charge in [-0.25, -0.2) is 0 Å². The van der Waals surface area contributed by atoms with Gasteiger partial charge in [-0.15, -0.1) is 0 Å². The van der Waals surface area contributed by atoms with Crippen molar-refractivity contribution >= 4 is 5.78 Å². The molecule has 3 nitrogen and oxygen atoms in total. The van der Waals surface area contributed by atoms with E-state index in [9.17, 15) is 9.90 Å². The minimum absolute atomic E-state index is 0.0114. The molecule has 1 aromatic rings. The highest BCUT2D eigenvalue weighted by Crippen LogP contribution is 2.15. The van der Waals surface area contributed by atoms with Crippen LogP contribution in [0.3, 0.4) is 0 Å². The van der Waals surface area contributed by atoms with Crippen LogP contribution in [-0.4, -0.2) is 10.9 Å². The Hall–Kier alpha value is -1.77. The monoisotopic (exact) mass is 205 g/mol. The summed E-state index contributed by atoms with van der Waals surface area (Å²) in [6.45, 7) is 3.84. The molecule has 0 bridgehead atoms. The second-order valence-electron chi connectivity index (χ2n) is 3.42. The van der Waals surface area contributed by atoms with Crippen molar-refractivity contribution in [3.8, 4) is 5.75 Å². The molecule has 80 valence electrons. The molecule has 0 saturated heterocycles. The Balaban J connectivity index is 2.58. The molecule has 0 aliphatic heterocycles. The van der Waals surface area contributed by atoms with Crippen LogP contribution in [0.1, 0.15) is 19.4 Å². The predicted molar refractivity (Wildman–Crippen MR) is 59.4 cm³/mol. The highest BCUT2D eigenvalue weighted by atomic mass is 16.3. The van der Waals surface area contributed by atoms with Crippen LogP contribution in [0, 0.1) is 0 Å². The molecule has 0 saturated carbocycles. The van der Waals surface area contributed by atoms with Gasteiger partial charge in [0.1, 0.15) is 5.75 Å². The molecular weight excluding hydrogens is 190 g/mol. The molecule has 0 radical (unpaired) electrons. The van der Waals surface area contributed by atoms with E-state index in [-0.39, 0.29) is 11.5 Å². The number of nitrogens with one attached hydrogen (secondary N) is 1. The second kappa shape index (κ2) is 5.20. The number of allylic oxidation sites excluding steroid dienone is 2. The average molecular weight is 205 g/mol. The topological polar surface area (TPSA) is 49.3 Å². The summed E-state index contributed by atoms with van der Waals surface area (Å²) < 4.78 is 0. The summed E-state index contributed by atoms with van der Waals surface area (Å²) in [4.78, 5) is 10.8. The first-order valence-corrected chi connectivity index (χ1v) is 4.79. The number of aromatic hydroxyl groups is 1. The zero-order valence-electron chi connectivity index (χ0n) is 8.95. The van der Waals surface area contributed by atoms with Gasteiger partial charge in [-0.1, -0.05) is 18.2 Å². The zero-order chi connectivity index (χ0) is 11.3. The summed E-state index contributed by atoms with van der Waals surface area (Å²) in [5, 5.41) is 12.5. The fourth-order valence-corrected chi connectivity index (χ4v) is 1.25. The van der Waals surface area contributed by atoms with Gasteiger partial charge in [-0.3, -0.25) is 4.79 Å². The van der Waals surface area contributed by atoms with Crippen molar-refractivity contribution in [2.24, 2.45) is 0 Å². The number of carbonyl (C=O) groups excluding carboxylic acids is 1. The zero-order valence-corrected chi connectivity index (χ0v) is 8.95. The Morgan fingerprint density at radius 1 is 1.40 bits per heavy atom. The molecule has 0 heterocycles. The molecule has 0 atom stereocenters. The fraction of sp³-hybridized carbons (Fsp3) is 0.250. The van der Waals surface area contributed by atoms with Gasteiger partial charge in [0, 0.05) is 17.8 Å². The normalized spacial score (nSPS) is 11.2. The number of phenolic OH excluding ortho intramolecular Hbond substituents is 1. The first-order valence-electron chi connectivity index (χ1n) is 4.79. The van der Waals surface area contributed by atoms with E-state index in [0.29, 0.717) is 6.54 Å². The third-order valence-electron chi connectivity index (χ3n) is 1.97. The van der Waals surface area contributed by atoms with E-state index < -0.39 is 0 Å². The van der Waals surface area contributed by atoms with Crippen molar-refractivity contribution in [3.05, 3.63) is 41.6 Å². The molecule has 0 aliphatic rings. The summed E-state index contributed by atoms with van der Waals surface area (Å²) >= 11 is 0. The van der Waals surface area contributed by atoms with E-state index in [4.69, 9.17) is 0 Å². The lowest BCUT2D eigenvalue weighted by Gasteiger charge is -2.07. The van der Waals surface area contributed by atoms with Crippen LogP contribution in [0.2, 0.25) is 0 Å². The molecule has 0 aromatic heterocycles. The number of carbonyl (C=O) groups is 1. The highest BCUT2D eigenvalue weighted by Gasteiger charge is 1.98. The van der Waals surface area contributed by atoms with Crippen molar-refractivity contribution in [2.45, 2.75) is 20.4 Å². The maximum Gasteiger partial charge on any atom is 0.154 e. The number of benzene rings is 1. The van der Waals surface area contributed by atoms with Crippen LogP contribution in [0.25, 0.3) is 0 Å². The van der Waals surface area contributed by atoms with Crippen LogP contribution in [0.4, 0.5) is 0 Å². The molecule has 0 aliphatic carbocycles. The molecular formula is C12H15NO2. The average Bonchev–Trinajstić information content (AvgIpc) is 2.15. The maximum atomic E-state index is 10.8. The molecule has 0 fully saturated rings. The Labute approximate surface area is 89.4 Å². The van der Waals surface area contributed by atoms with Gasteiger partial charge in [0.2, 0.25) is 0 Å². The van der Waals surface area contributed by atoms with E-state index in [1.807, 2.05) is 19.1 Å². The van der Waals surface area contributed by atoms with Crippen LogP contribution < -0.4 is 5.32 Å². The number of hydrogen-bond donors (Lipinski definition) is 2. The number of para-hydroxylation sites is 1. The van der Waals surface area contributed by atoms with Crippen molar-refractivity contribution in [3.63, 3.8) is 0 Å². The standard InChI is InChI=1S/C12H15NO2/c1-9(7-10(2)14)13-8-11-5-3-4-6-12(11)15/h3-7,13,15H,8H2,1-2H3/b9-7+. The molecule has 1 rings (SSSR count). The minimum Gasteiger partial charge on any atom is -0.508 e. The van der Waals surface area contributed by atoms with Gasteiger partial charge in [0.25, 0.3) is 0 Å². The van der Waals surface area contributed by atoms with Crippen molar-refractivity contribution in [1.82, 2.24) is 5.32 Å². The summed E-state index contributed by atoms with van der Waals surface area (Å²) in [5.74, 6) is 0.276. The van der Waals surface area contributed by atoms with E-state index in [0.717, 1.165) is 11.3 Å². The number of hydrogen-bond acceptors (Lipinski definition) is 3. The Morgan fingerprint density at radius 3 is 2.67 bits per heavy atom.